The van der Waals surface area contributed by atoms with E-state index in [1.165, 1.54) is 11.8 Å². The van der Waals surface area contributed by atoms with Crippen LogP contribution in [0.25, 0.3) is 0 Å². The lowest BCUT2D eigenvalue weighted by atomic mass is 9.81. The molecule has 0 atom stereocenters. The second-order valence-corrected chi connectivity index (χ2v) is 8.49. The van der Waals surface area contributed by atoms with E-state index in [1.807, 2.05) is 31.2 Å². The van der Waals surface area contributed by atoms with Crippen LogP contribution in [0.2, 0.25) is 0 Å². The first-order valence-electron chi connectivity index (χ1n) is 8.89. The Kier molecular flexibility index (Phi) is 5.29. The largest absolute Gasteiger partial charge is 0.382 e. The number of nitrogens with zero attached hydrogens (tertiary/aromatic N) is 3. The molecule has 2 heterocycles. The number of piperidine rings is 1. The Morgan fingerprint density at radius 1 is 1.31 bits per heavy atom. The molecule has 1 aromatic heterocycles. The quantitative estimate of drug-likeness (QED) is 0.855. The molecule has 0 spiro atoms. The van der Waals surface area contributed by atoms with Crippen LogP contribution in [0, 0.1) is 12.3 Å². The second-order valence-electron chi connectivity index (χ2n) is 7.41. The van der Waals surface area contributed by atoms with Crippen LogP contribution in [0.3, 0.4) is 0 Å². The van der Waals surface area contributed by atoms with E-state index in [-0.39, 0.29) is 11.0 Å². The summed E-state index contributed by atoms with van der Waals surface area (Å²) in [6.45, 7) is 6.59. The third kappa shape index (κ3) is 3.73. The zero-order chi connectivity index (χ0) is 18.9. The van der Waals surface area contributed by atoms with E-state index in [0.29, 0.717) is 23.2 Å². The van der Waals surface area contributed by atoms with E-state index < -0.39 is 0 Å². The number of hydrogen-bond donors (Lipinski definition) is 2. The molecule has 1 fully saturated rings. The monoisotopic (exact) mass is 373 g/mol. The minimum atomic E-state index is -0.105. The molecule has 6 nitrogen and oxygen atoms in total. The smallest absolute Gasteiger partial charge is 0.270 e. The summed E-state index contributed by atoms with van der Waals surface area (Å²) in [7, 11) is 1.77. The van der Waals surface area contributed by atoms with Gasteiger partial charge in [0.1, 0.15) is 10.7 Å². The van der Waals surface area contributed by atoms with Crippen LogP contribution < -0.4 is 21.9 Å². The molecule has 0 unspecified atom stereocenters. The van der Waals surface area contributed by atoms with Crippen LogP contribution in [0.5, 0.6) is 0 Å². The third-order valence-corrected chi connectivity index (χ3v) is 6.29. The molecule has 1 aliphatic heterocycles. The van der Waals surface area contributed by atoms with Gasteiger partial charge in [0.15, 0.2) is 0 Å². The Hall–Kier alpha value is -1.99. The number of nitrogen functional groups attached to an aromatic ring is 1. The van der Waals surface area contributed by atoms with Crippen LogP contribution in [0.15, 0.2) is 38.9 Å². The van der Waals surface area contributed by atoms with E-state index >= 15 is 0 Å². The molecular formula is C19H27N5OS. The van der Waals surface area contributed by atoms with Gasteiger partial charge in [0.2, 0.25) is 5.95 Å². The van der Waals surface area contributed by atoms with E-state index in [0.717, 1.165) is 36.4 Å². The molecule has 0 aliphatic carbocycles. The van der Waals surface area contributed by atoms with Crippen molar-refractivity contribution < 1.29 is 0 Å². The minimum Gasteiger partial charge on any atom is -0.382 e. The van der Waals surface area contributed by atoms with Gasteiger partial charge in [0.25, 0.3) is 5.56 Å². The lowest BCUT2D eigenvalue weighted by Crippen LogP contribution is -2.44. The molecular weight excluding hydrogens is 346 g/mol. The predicted octanol–water partition coefficient (Wildman–Crippen LogP) is 2.39. The Bertz CT molecular complexity index is 855. The molecule has 1 saturated heterocycles. The van der Waals surface area contributed by atoms with Crippen molar-refractivity contribution in [3.63, 3.8) is 0 Å². The Morgan fingerprint density at radius 3 is 2.62 bits per heavy atom. The molecule has 0 bridgehead atoms. The van der Waals surface area contributed by atoms with Crippen LogP contribution >= 0.6 is 11.8 Å². The SMILES string of the molecule is Cc1cccc(Sc2c(N)nc(N3CCC(C)(CN)CC3)n(C)c2=O)c1. The molecule has 140 valence electrons. The molecule has 1 aromatic carbocycles. The molecule has 0 saturated carbocycles. The zero-order valence-corrected chi connectivity index (χ0v) is 16.5. The zero-order valence-electron chi connectivity index (χ0n) is 15.7. The first-order chi connectivity index (χ1) is 12.3. The molecule has 1 aliphatic rings. The normalized spacial score (nSPS) is 16.7. The summed E-state index contributed by atoms with van der Waals surface area (Å²) in [4.78, 5) is 21.1. The number of rotatable bonds is 4. The number of hydrogen-bond acceptors (Lipinski definition) is 6. The maximum absolute atomic E-state index is 12.9. The summed E-state index contributed by atoms with van der Waals surface area (Å²) in [5.41, 5.74) is 13.3. The van der Waals surface area contributed by atoms with Gasteiger partial charge in [0.05, 0.1) is 0 Å². The number of anilines is 2. The van der Waals surface area contributed by atoms with Crippen molar-refractivity contribution in [1.29, 1.82) is 0 Å². The highest BCUT2D eigenvalue weighted by Crippen LogP contribution is 2.33. The van der Waals surface area contributed by atoms with E-state index in [4.69, 9.17) is 11.5 Å². The van der Waals surface area contributed by atoms with Gasteiger partial charge in [-0.3, -0.25) is 9.36 Å². The van der Waals surface area contributed by atoms with Gasteiger partial charge in [-0.1, -0.05) is 36.4 Å². The van der Waals surface area contributed by atoms with Crippen molar-refractivity contribution in [3.05, 3.63) is 40.2 Å². The Labute approximate surface area is 158 Å². The van der Waals surface area contributed by atoms with Crippen molar-refractivity contribution in [1.82, 2.24) is 9.55 Å². The Balaban J connectivity index is 1.88. The van der Waals surface area contributed by atoms with Gasteiger partial charge in [0, 0.05) is 25.0 Å². The van der Waals surface area contributed by atoms with E-state index in [1.54, 1.807) is 11.6 Å². The molecule has 0 amide bonds. The van der Waals surface area contributed by atoms with Crippen molar-refractivity contribution >= 4 is 23.5 Å². The van der Waals surface area contributed by atoms with Crippen molar-refractivity contribution in [2.24, 2.45) is 18.2 Å². The van der Waals surface area contributed by atoms with Gasteiger partial charge in [-0.05, 0) is 43.9 Å². The summed E-state index contributed by atoms with van der Waals surface area (Å²) >= 11 is 1.37. The summed E-state index contributed by atoms with van der Waals surface area (Å²) < 4.78 is 1.61. The molecule has 2 aromatic rings. The van der Waals surface area contributed by atoms with Crippen LogP contribution in [-0.4, -0.2) is 29.2 Å². The fraction of sp³-hybridized carbons (Fsp3) is 0.474. The van der Waals surface area contributed by atoms with Gasteiger partial charge in [-0.2, -0.15) is 4.98 Å². The summed E-state index contributed by atoms with van der Waals surface area (Å²) in [5, 5.41) is 0. The fourth-order valence-electron chi connectivity index (χ4n) is 3.21. The Morgan fingerprint density at radius 2 is 2.00 bits per heavy atom. The minimum absolute atomic E-state index is 0.105. The van der Waals surface area contributed by atoms with Gasteiger partial charge < -0.3 is 16.4 Å². The first-order valence-corrected chi connectivity index (χ1v) is 9.71. The molecule has 3 rings (SSSR count). The lowest BCUT2D eigenvalue weighted by molar-refractivity contribution is 0.256. The van der Waals surface area contributed by atoms with Crippen LogP contribution in [0.1, 0.15) is 25.3 Å². The summed E-state index contributed by atoms with van der Waals surface area (Å²) in [6.07, 6.45) is 1.97. The molecule has 26 heavy (non-hydrogen) atoms. The standard InChI is InChI=1S/C19H27N5OS/c1-13-5-4-6-14(11-13)26-15-16(21)22-18(23(3)17(15)25)24-9-7-19(2,12-20)8-10-24/h4-6,11H,7-10,12,20-21H2,1-3H3. The van der Waals surface area contributed by atoms with Crippen molar-refractivity contribution in [3.8, 4) is 0 Å². The topological polar surface area (TPSA) is 90.2 Å². The predicted molar refractivity (Wildman–Crippen MR) is 108 cm³/mol. The molecule has 7 heteroatoms. The highest BCUT2D eigenvalue weighted by Gasteiger charge is 2.30. The molecule has 0 radical (unpaired) electrons. The third-order valence-electron chi connectivity index (χ3n) is 5.21. The number of nitrogens with two attached hydrogens (primary N) is 2. The summed E-state index contributed by atoms with van der Waals surface area (Å²) in [5.74, 6) is 0.932. The maximum atomic E-state index is 12.9. The van der Waals surface area contributed by atoms with Crippen LogP contribution in [-0.2, 0) is 7.05 Å². The number of aromatic nitrogens is 2. The van der Waals surface area contributed by atoms with Gasteiger partial charge in [-0.15, -0.1) is 0 Å². The van der Waals surface area contributed by atoms with E-state index in [9.17, 15) is 4.79 Å². The van der Waals surface area contributed by atoms with Crippen molar-refractivity contribution in [2.45, 2.75) is 36.5 Å². The van der Waals surface area contributed by atoms with Gasteiger partial charge >= 0.3 is 0 Å². The van der Waals surface area contributed by atoms with Gasteiger partial charge in [-0.25, -0.2) is 0 Å². The lowest BCUT2D eigenvalue weighted by Gasteiger charge is -2.39. The fourth-order valence-corrected chi connectivity index (χ4v) is 4.21. The number of aryl methyl sites for hydroxylation is 1. The summed E-state index contributed by atoms with van der Waals surface area (Å²) in [6, 6.07) is 8.01. The van der Waals surface area contributed by atoms with E-state index in [2.05, 4.69) is 16.8 Å². The molecule has 4 N–H and O–H groups in total. The average Bonchev–Trinajstić information content (AvgIpc) is 2.63. The first kappa shape index (κ1) is 18.8. The van der Waals surface area contributed by atoms with Crippen molar-refractivity contribution in [2.75, 3.05) is 30.3 Å². The highest BCUT2D eigenvalue weighted by molar-refractivity contribution is 7.99. The second kappa shape index (κ2) is 7.32. The average molecular weight is 374 g/mol. The number of benzene rings is 1. The van der Waals surface area contributed by atoms with Crippen LogP contribution in [0.4, 0.5) is 11.8 Å². The maximum Gasteiger partial charge on any atom is 0.270 e. The highest BCUT2D eigenvalue weighted by atomic mass is 32.2.